The standard InChI is InChI=1S/C18H34N4O.HI/c1-14-7-9-15(10-8-14)21-17(19-2)20-13-18(11-5-6-12-18)16(23)22(3)4;/h14-15H,5-13H2,1-4H3,(H2,19,20,21);1H. The van der Waals surface area contributed by atoms with Crippen LogP contribution in [0.3, 0.4) is 0 Å². The number of halogens is 1. The summed E-state index contributed by atoms with van der Waals surface area (Å²) in [5.41, 5.74) is -0.248. The van der Waals surface area contributed by atoms with Gasteiger partial charge in [0.05, 0.1) is 5.41 Å². The fourth-order valence-corrected chi connectivity index (χ4v) is 4.04. The highest BCUT2D eigenvalue weighted by Crippen LogP contribution is 2.38. The summed E-state index contributed by atoms with van der Waals surface area (Å²) in [5.74, 6) is 1.95. The molecule has 0 heterocycles. The normalized spacial score (nSPS) is 26.4. The van der Waals surface area contributed by atoms with Gasteiger partial charge >= 0.3 is 0 Å². The maximum Gasteiger partial charge on any atom is 0.230 e. The summed E-state index contributed by atoms with van der Waals surface area (Å²) < 4.78 is 0. The van der Waals surface area contributed by atoms with E-state index in [1.165, 1.54) is 25.7 Å². The first-order valence-corrected chi connectivity index (χ1v) is 9.16. The number of nitrogens with one attached hydrogen (secondary N) is 2. The van der Waals surface area contributed by atoms with E-state index in [1.54, 1.807) is 4.90 Å². The predicted octanol–water partition coefficient (Wildman–Crippen LogP) is 3.00. The van der Waals surface area contributed by atoms with E-state index in [-0.39, 0.29) is 35.3 Å². The highest BCUT2D eigenvalue weighted by molar-refractivity contribution is 14.0. The molecule has 2 saturated carbocycles. The number of hydrogen-bond donors (Lipinski definition) is 2. The number of carbonyl (C=O) groups is 1. The third-order valence-corrected chi connectivity index (χ3v) is 5.60. The van der Waals surface area contributed by atoms with E-state index < -0.39 is 0 Å². The minimum Gasteiger partial charge on any atom is -0.355 e. The monoisotopic (exact) mass is 450 g/mol. The molecule has 0 aliphatic heterocycles. The molecule has 0 spiro atoms. The number of rotatable bonds is 4. The highest BCUT2D eigenvalue weighted by Gasteiger charge is 2.42. The van der Waals surface area contributed by atoms with Gasteiger partial charge in [0.2, 0.25) is 5.91 Å². The molecule has 1 amide bonds. The number of guanidine groups is 1. The molecule has 140 valence electrons. The molecule has 6 heteroatoms. The Morgan fingerprint density at radius 3 is 2.25 bits per heavy atom. The quantitative estimate of drug-likeness (QED) is 0.394. The minimum atomic E-state index is -0.248. The van der Waals surface area contributed by atoms with Crippen molar-refractivity contribution in [2.75, 3.05) is 27.7 Å². The zero-order valence-electron chi connectivity index (χ0n) is 15.7. The van der Waals surface area contributed by atoms with Crippen molar-refractivity contribution in [1.82, 2.24) is 15.5 Å². The number of carbonyl (C=O) groups excluding carboxylic acids is 1. The number of nitrogens with zero attached hydrogens (tertiary/aromatic N) is 2. The van der Waals surface area contributed by atoms with E-state index in [2.05, 4.69) is 22.5 Å². The largest absolute Gasteiger partial charge is 0.355 e. The van der Waals surface area contributed by atoms with Gasteiger partial charge in [-0.05, 0) is 44.4 Å². The topological polar surface area (TPSA) is 56.7 Å². The molecule has 2 aliphatic carbocycles. The summed E-state index contributed by atoms with van der Waals surface area (Å²) in [5, 5.41) is 6.99. The van der Waals surface area contributed by atoms with Crippen LogP contribution in [-0.4, -0.2) is 50.5 Å². The summed E-state index contributed by atoms with van der Waals surface area (Å²) in [6.45, 7) is 3.02. The Morgan fingerprint density at radius 2 is 1.75 bits per heavy atom. The smallest absolute Gasteiger partial charge is 0.230 e. The van der Waals surface area contributed by atoms with E-state index in [1.807, 2.05) is 21.1 Å². The Bertz CT molecular complexity index is 425. The summed E-state index contributed by atoms with van der Waals surface area (Å²) in [6, 6.07) is 0.515. The lowest BCUT2D eigenvalue weighted by Gasteiger charge is -2.33. The lowest BCUT2D eigenvalue weighted by Crippen LogP contribution is -2.51. The summed E-state index contributed by atoms with van der Waals surface area (Å²) in [7, 11) is 5.53. The molecule has 0 atom stereocenters. The zero-order chi connectivity index (χ0) is 16.9. The third kappa shape index (κ3) is 5.49. The van der Waals surface area contributed by atoms with Crippen LogP contribution >= 0.6 is 24.0 Å². The van der Waals surface area contributed by atoms with Crippen molar-refractivity contribution >= 4 is 35.8 Å². The molecule has 0 aromatic rings. The predicted molar refractivity (Wildman–Crippen MR) is 111 cm³/mol. The van der Waals surface area contributed by atoms with Gasteiger partial charge in [0, 0.05) is 33.7 Å². The molecular weight excluding hydrogens is 415 g/mol. The lowest BCUT2D eigenvalue weighted by atomic mass is 9.84. The summed E-state index contributed by atoms with van der Waals surface area (Å²) in [6.07, 6.45) is 9.26. The van der Waals surface area contributed by atoms with Crippen molar-refractivity contribution < 1.29 is 4.79 Å². The fourth-order valence-electron chi connectivity index (χ4n) is 4.04. The Labute approximate surface area is 164 Å². The SMILES string of the molecule is CN=C(NCC1(C(=O)N(C)C)CCCC1)NC1CCC(C)CC1.I. The Hall–Kier alpha value is -0.530. The van der Waals surface area contributed by atoms with E-state index in [0.717, 1.165) is 37.6 Å². The van der Waals surface area contributed by atoms with Crippen LogP contribution in [0.1, 0.15) is 58.3 Å². The minimum absolute atomic E-state index is 0. The highest BCUT2D eigenvalue weighted by atomic mass is 127. The zero-order valence-corrected chi connectivity index (χ0v) is 18.1. The van der Waals surface area contributed by atoms with Gasteiger partial charge in [0.15, 0.2) is 5.96 Å². The van der Waals surface area contributed by atoms with E-state index in [4.69, 9.17) is 0 Å². The number of aliphatic imine (C=N–C) groups is 1. The molecule has 0 bridgehead atoms. The van der Waals surface area contributed by atoms with Crippen molar-refractivity contribution in [2.24, 2.45) is 16.3 Å². The van der Waals surface area contributed by atoms with Gasteiger partial charge in [-0.15, -0.1) is 24.0 Å². The van der Waals surface area contributed by atoms with Crippen LogP contribution in [0.5, 0.6) is 0 Å². The first kappa shape index (κ1) is 21.5. The van der Waals surface area contributed by atoms with Gasteiger partial charge in [-0.1, -0.05) is 19.8 Å². The average molecular weight is 450 g/mol. The van der Waals surface area contributed by atoms with Gasteiger partial charge in [-0.3, -0.25) is 9.79 Å². The first-order valence-electron chi connectivity index (χ1n) is 9.16. The van der Waals surface area contributed by atoms with Gasteiger partial charge in [0.25, 0.3) is 0 Å². The van der Waals surface area contributed by atoms with Gasteiger partial charge in [-0.25, -0.2) is 0 Å². The summed E-state index contributed by atoms with van der Waals surface area (Å²) >= 11 is 0. The van der Waals surface area contributed by atoms with Crippen LogP contribution in [0.2, 0.25) is 0 Å². The molecule has 24 heavy (non-hydrogen) atoms. The maximum atomic E-state index is 12.6. The Kier molecular flexibility index (Phi) is 8.81. The first-order chi connectivity index (χ1) is 11.0. The second kappa shape index (κ2) is 9.82. The maximum absolute atomic E-state index is 12.6. The van der Waals surface area contributed by atoms with Crippen molar-refractivity contribution in [3.63, 3.8) is 0 Å². The van der Waals surface area contributed by atoms with Crippen LogP contribution in [-0.2, 0) is 4.79 Å². The fraction of sp³-hybridized carbons (Fsp3) is 0.889. The van der Waals surface area contributed by atoms with E-state index in [9.17, 15) is 4.79 Å². The summed E-state index contributed by atoms with van der Waals surface area (Å²) in [4.78, 5) is 18.7. The molecular formula is C18H35IN4O. The van der Waals surface area contributed by atoms with Crippen molar-refractivity contribution in [3.05, 3.63) is 0 Å². The van der Waals surface area contributed by atoms with Crippen LogP contribution in [0, 0.1) is 11.3 Å². The number of amides is 1. The lowest BCUT2D eigenvalue weighted by molar-refractivity contribution is -0.138. The van der Waals surface area contributed by atoms with Crippen LogP contribution < -0.4 is 10.6 Å². The Balaban J connectivity index is 0.00000288. The molecule has 2 aliphatic rings. The van der Waals surface area contributed by atoms with Crippen molar-refractivity contribution in [3.8, 4) is 0 Å². The molecule has 0 aromatic carbocycles. The van der Waals surface area contributed by atoms with Crippen molar-refractivity contribution in [1.29, 1.82) is 0 Å². The average Bonchev–Trinajstić information content (AvgIpc) is 3.02. The van der Waals surface area contributed by atoms with E-state index >= 15 is 0 Å². The van der Waals surface area contributed by atoms with Crippen LogP contribution in [0.4, 0.5) is 0 Å². The molecule has 2 rings (SSSR count). The molecule has 0 radical (unpaired) electrons. The van der Waals surface area contributed by atoms with Gasteiger partial charge < -0.3 is 15.5 Å². The Morgan fingerprint density at radius 1 is 1.17 bits per heavy atom. The van der Waals surface area contributed by atoms with Crippen LogP contribution in [0.15, 0.2) is 4.99 Å². The third-order valence-electron chi connectivity index (χ3n) is 5.60. The molecule has 0 aromatic heterocycles. The van der Waals surface area contributed by atoms with Crippen LogP contribution in [0.25, 0.3) is 0 Å². The second-order valence-corrected chi connectivity index (χ2v) is 7.71. The molecule has 2 N–H and O–H groups in total. The number of hydrogen-bond acceptors (Lipinski definition) is 2. The second-order valence-electron chi connectivity index (χ2n) is 7.71. The molecule has 5 nitrogen and oxygen atoms in total. The molecule has 2 fully saturated rings. The molecule has 0 saturated heterocycles. The van der Waals surface area contributed by atoms with Crippen molar-refractivity contribution in [2.45, 2.75) is 64.3 Å². The molecule has 0 unspecified atom stereocenters. The van der Waals surface area contributed by atoms with Gasteiger partial charge in [-0.2, -0.15) is 0 Å². The van der Waals surface area contributed by atoms with Gasteiger partial charge in [0.1, 0.15) is 0 Å². The van der Waals surface area contributed by atoms with E-state index in [0.29, 0.717) is 12.6 Å².